The van der Waals surface area contributed by atoms with E-state index in [1.807, 2.05) is 26.8 Å². The number of aromatic nitrogens is 3. The number of hydrogen-bond donors (Lipinski definition) is 1. The second-order valence-corrected chi connectivity index (χ2v) is 8.19. The van der Waals surface area contributed by atoms with Crippen molar-refractivity contribution in [1.82, 2.24) is 14.8 Å². The van der Waals surface area contributed by atoms with Gasteiger partial charge in [0.2, 0.25) is 0 Å². The summed E-state index contributed by atoms with van der Waals surface area (Å²) in [6, 6.07) is 5.27. The van der Waals surface area contributed by atoms with Crippen molar-refractivity contribution in [1.29, 1.82) is 0 Å². The topological polar surface area (TPSA) is 69.4 Å². The van der Waals surface area contributed by atoms with Crippen LogP contribution < -0.4 is 0 Å². The molecule has 1 aromatic heterocycles. The maximum absolute atomic E-state index is 11.2. The highest BCUT2D eigenvalue weighted by atomic mass is 35.5. The van der Waals surface area contributed by atoms with Gasteiger partial charge in [-0.1, -0.05) is 43.1 Å². The molecule has 1 aliphatic rings. The summed E-state index contributed by atoms with van der Waals surface area (Å²) in [5, 5.41) is 16.4. The van der Waals surface area contributed by atoms with Gasteiger partial charge < -0.3 is 14.6 Å². The van der Waals surface area contributed by atoms with Gasteiger partial charge in [-0.15, -0.1) is 0 Å². The van der Waals surface area contributed by atoms with Gasteiger partial charge in [-0.25, -0.2) is 9.67 Å². The van der Waals surface area contributed by atoms with Gasteiger partial charge in [0.15, 0.2) is 6.29 Å². The monoisotopic (exact) mass is 411 g/mol. The molecule has 2 aromatic rings. The number of aliphatic hydroxyl groups excluding tert-OH is 1. The third-order valence-corrected chi connectivity index (χ3v) is 5.18. The number of rotatable bonds is 5. The van der Waals surface area contributed by atoms with Crippen LogP contribution in [0.15, 0.2) is 36.6 Å². The first-order valence-corrected chi connectivity index (χ1v) is 9.50. The fourth-order valence-corrected chi connectivity index (χ4v) is 3.43. The lowest BCUT2D eigenvalue weighted by molar-refractivity contribution is -0.239. The zero-order valence-electron chi connectivity index (χ0n) is 15.5. The van der Waals surface area contributed by atoms with Crippen LogP contribution in [-0.2, 0) is 15.9 Å². The quantitative estimate of drug-likeness (QED) is 0.728. The summed E-state index contributed by atoms with van der Waals surface area (Å²) < 4.78 is 13.2. The van der Waals surface area contributed by atoms with Crippen LogP contribution in [0, 0.1) is 11.3 Å². The van der Waals surface area contributed by atoms with Crippen molar-refractivity contribution in [3.05, 3.63) is 52.2 Å². The first-order valence-electron chi connectivity index (χ1n) is 8.75. The molecule has 1 aliphatic heterocycles. The Kier molecular flexibility index (Phi) is 6.11. The second-order valence-electron chi connectivity index (χ2n) is 7.34. The van der Waals surface area contributed by atoms with Crippen molar-refractivity contribution in [3.63, 3.8) is 0 Å². The van der Waals surface area contributed by atoms with E-state index in [0.717, 1.165) is 5.56 Å². The number of benzene rings is 1. The molecular formula is C19H23Cl2N3O3. The SMILES string of the molecule is CC(C)C1OCC(C)(/C(O)=C(/Cc2ccc(Cl)cc2Cl)n2cncn2)CO1. The summed E-state index contributed by atoms with van der Waals surface area (Å²) >= 11 is 12.3. The van der Waals surface area contributed by atoms with E-state index in [-0.39, 0.29) is 18.0 Å². The average molecular weight is 412 g/mol. The molecular weight excluding hydrogens is 389 g/mol. The summed E-state index contributed by atoms with van der Waals surface area (Å²) in [5.74, 6) is 0.379. The molecule has 1 aromatic carbocycles. The van der Waals surface area contributed by atoms with Crippen LogP contribution >= 0.6 is 23.2 Å². The third-order valence-electron chi connectivity index (χ3n) is 4.59. The first kappa shape index (κ1) is 20.1. The molecule has 1 fully saturated rings. The maximum Gasteiger partial charge on any atom is 0.159 e. The molecule has 0 amide bonds. The van der Waals surface area contributed by atoms with Gasteiger partial charge in [-0.2, -0.15) is 5.10 Å². The predicted molar refractivity (Wildman–Crippen MR) is 105 cm³/mol. The van der Waals surface area contributed by atoms with E-state index in [1.54, 1.807) is 23.1 Å². The number of allylic oxidation sites excluding steroid dienone is 1. The van der Waals surface area contributed by atoms with E-state index in [9.17, 15) is 5.11 Å². The van der Waals surface area contributed by atoms with Crippen LogP contribution in [0.4, 0.5) is 0 Å². The number of nitrogens with zero attached hydrogens (tertiary/aromatic N) is 3. The lowest BCUT2D eigenvalue weighted by Gasteiger charge is -2.38. The Morgan fingerprint density at radius 1 is 1.33 bits per heavy atom. The van der Waals surface area contributed by atoms with Gasteiger partial charge in [0, 0.05) is 22.4 Å². The smallest absolute Gasteiger partial charge is 0.159 e. The number of hydrogen-bond acceptors (Lipinski definition) is 5. The molecule has 6 nitrogen and oxygen atoms in total. The van der Waals surface area contributed by atoms with Gasteiger partial charge >= 0.3 is 0 Å². The van der Waals surface area contributed by atoms with Crippen molar-refractivity contribution in [3.8, 4) is 0 Å². The standard InChI is InChI=1S/C19H23Cl2N3O3/c1-12(2)18-26-8-19(3,9-27-18)17(25)16(24-11-22-10-23-24)6-13-4-5-14(20)7-15(13)21/h4-5,7,10-12,18,25H,6,8-9H2,1-3H3/b17-16+. The van der Waals surface area contributed by atoms with E-state index in [2.05, 4.69) is 10.1 Å². The lowest BCUT2D eigenvalue weighted by atomic mass is 9.87. The molecule has 0 aliphatic carbocycles. The molecule has 146 valence electrons. The molecule has 0 bridgehead atoms. The van der Waals surface area contributed by atoms with Crippen molar-refractivity contribution >= 4 is 28.9 Å². The Balaban J connectivity index is 1.95. The predicted octanol–water partition coefficient (Wildman–Crippen LogP) is 4.59. The zero-order chi connectivity index (χ0) is 19.6. The van der Waals surface area contributed by atoms with E-state index >= 15 is 0 Å². The number of ether oxygens (including phenoxy) is 2. The van der Waals surface area contributed by atoms with Gasteiger partial charge in [-0.05, 0) is 24.6 Å². The molecule has 0 atom stereocenters. The van der Waals surface area contributed by atoms with Crippen LogP contribution in [0.25, 0.3) is 5.70 Å². The molecule has 1 N–H and O–H groups in total. The summed E-state index contributed by atoms with van der Waals surface area (Å²) in [7, 11) is 0. The molecule has 0 saturated carbocycles. The first-order chi connectivity index (χ1) is 12.8. The van der Waals surface area contributed by atoms with E-state index < -0.39 is 5.41 Å². The molecule has 1 saturated heterocycles. The highest BCUT2D eigenvalue weighted by Crippen LogP contribution is 2.36. The Labute approximate surface area is 168 Å². The minimum atomic E-state index is -0.703. The highest BCUT2D eigenvalue weighted by molar-refractivity contribution is 6.35. The van der Waals surface area contributed by atoms with E-state index in [0.29, 0.717) is 35.4 Å². The summed E-state index contributed by atoms with van der Waals surface area (Å²) in [5.41, 5.74) is 0.680. The van der Waals surface area contributed by atoms with Crippen LogP contribution in [0.3, 0.4) is 0 Å². The molecule has 2 heterocycles. The van der Waals surface area contributed by atoms with Crippen molar-refractivity contribution in [2.24, 2.45) is 11.3 Å². The summed E-state index contributed by atoms with van der Waals surface area (Å²) in [4.78, 5) is 4.00. The molecule has 3 rings (SSSR count). The molecule has 0 unspecified atom stereocenters. The van der Waals surface area contributed by atoms with Crippen LogP contribution in [0.2, 0.25) is 10.0 Å². The Hall–Kier alpha value is -1.60. The number of halogens is 2. The normalized spacial score (nSPS) is 24.1. The zero-order valence-corrected chi connectivity index (χ0v) is 17.0. The van der Waals surface area contributed by atoms with Gasteiger partial charge in [0.1, 0.15) is 18.4 Å². The minimum absolute atomic E-state index is 0.140. The van der Waals surface area contributed by atoms with Crippen molar-refractivity contribution in [2.75, 3.05) is 13.2 Å². The van der Waals surface area contributed by atoms with Crippen molar-refractivity contribution < 1.29 is 14.6 Å². The maximum atomic E-state index is 11.2. The van der Waals surface area contributed by atoms with E-state index in [4.69, 9.17) is 32.7 Å². The van der Waals surface area contributed by atoms with Crippen molar-refractivity contribution in [2.45, 2.75) is 33.5 Å². The lowest BCUT2D eigenvalue weighted by Crippen LogP contribution is -2.43. The molecule has 0 radical (unpaired) electrons. The van der Waals surface area contributed by atoms with Gasteiger partial charge in [-0.3, -0.25) is 0 Å². The number of aliphatic hydroxyl groups is 1. The van der Waals surface area contributed by atoms with Crippen LogP contribution in [0.1, 0.15) is 26.3 Å². The minimum Gasteiger partial charge on any atom is -0.510 e. The average Bonchev–Trinajstić information content (AvgIpc) is 3.15. The summed E-state index contributed by atoms with van der Waals surface area (Å²) in [6.45, 7) is 6.65. The summed E-state index contributed by atoms with van der Waals surface area (Å²) in [6.07, 6.45) is 3.04. The largest absolute Gasteiger partial charge is 0.510 e. The Morgan fingerprint density at radius 3 is 2.59 bits per heavy atom. The van der Waals surface area contributed by atoms with E-state index in [1.165, 1.54) is 6.33 Å². The molecule has 8 heteroatoms. The molecule has 0 spiro atoms. The molecule has 27 heavy (non-hydrogen) atoms. The van der Waals surface area contributed by atoms with Gasteiger partial charge in [0.25, 0.3) is 0 Å². The highest BCUT2D eigenvalue weighted by Gasteiger charge is 2.39. The fourth-order valence-electron chi connectivity index (χ4n) is 2.96. The van der Waals surface area contributed by atoms with Crippen LogP contribution in [0.5, 0.6) is 0 Å². The Morgan fingerprint density at radius 2 is 2.04 bits per heavy atom. The van der Waals surface area contributed by atoms with Gasteiger partial charge in [0.05, 0.1) is 24.3 Å². The third kappa shape index (κ3) is 4.46. The Bertz CT molecular complexity index is 814. The van der Waals surface area contributed by atoms with Crippen LogP contribution in [-0.4, -0.2) is 39.4 Å². The second kappa shape index (κ2) is 8.19. The fraction of sp³-hybridized carbons (Fsp3) is 0.474.